The van der Waals surface area contributed by atoms with E-state index in [2.05, 4.69) is 29.7 Å². The van der Waals surface area contributed by atoms with Crippen molar-refractivity contribution in [2.45, 2.75) is 6.17 Å². The molecule has 0 saturated heterocycles. The first kappa shape index (κ1) is 16.4. The van der Waals surface area contributed by atoms with E-state index in [0.717, 1.165) is 11.3 Å². The van der Waals surface area contributed by atoms with Gasteiger partial charge in [0.1, 0.15) is 0 Å². The molecule has 1 aliphatic heterocycles. The van der Waals surface area contributed by atoms with E-state index in [9.17, 15) is 0 Å². The van der Waals surface area contributed by atoms with Crippen LogP contribution in [0.25, 0.3) is 0 Å². The molecule has 0 bridgehead atoms. The minimum absolute atomic E-state index is 0.257. The first-order chi connectivity index (χ1) is 9.89. The van der Waals surface area contributed by atoms with Crippen LogP contribution < -0.4 is 5.48 Å². The number of benzene rings is 1. The van der Waals surface area contributed by atoms with Crippen LogP contribution >= 0.6 is 7.94 Å². The van der Waals surface area contributed by atoms with Crippen LogP contribution in [0.4, 0.5) is 5.69 Å². The fourth-order valence-corrected chi connectivity index (χ4v) is 5.91. The topological polar surface area (TPSA) is 55.7 Å². The van der Waals surface area contributed by atoms with Gasteiger partial charge >= 0.3 is 126 Å². The maximum atomic E-state index is 6.17. The molecule has 1 aromatic carbocycles. The van der Waals surface area contributed by atoms with Gasteiger partial charge in [0, 0.05) is 0 Å². The van der Waals surface area contributed by atoms with E-state index < -0.39 is 7.94 Å². The first-order valence-electron chi connectivity index (χ1n) is 6.85. The SMILES string of the molecule is CN(C)[PH](ONC1N=Nc2ccccc21)(N(C)C)N(C)C. The van der Waals surface area contributed by atoms with Crippen molar-refractivity contribution in [3.05, 3.63) is 29.8 Å². The Labute approximate surface area is 127 Å². The van der Waals surface area contributed by atoms with Gasteiger partial charge in [-0.1, -0.05) is 0 Å². The van der Waals surface area contributed by atoms with Crippen LogP contribution in [0.2, 0.25) is 0 Å². The van der Waals surface area contributed by atoms with Crippen LogP contribution in [0.15, 0.2) is 34.5 Å². The maximum absolute atomic E-state index is 6.17. The summed E-state index contributed by atoms with van der Waals surface area (Å²) < 4.78 is 12.5. The van der Waals surface area contributed by atoms with Gasteiger partial charge in [-0.3, -0.25) is 0 Å². The molecule has 1 atom stereocenters. The molecule has 7 nitrogen and oxygen atoms in total. The summed E-state index contributed by atoms with van der Waals surface area (Å²) in [4.78, 5) is 0. The van der Waals surface area contributed by atoms with Gasteiger partial charge in [0.05, 0.1) is 0 Å². The molecule has 21 heavy (non-hydrogen) atoms. The third-order valence-electron chi connectivity index (χ3n) is 3.57. The van der Waals surface area contributed by atoms with E-state index in [1.807, 2.05) is 66.6 Å². The summed E-state index contributed by atoms with van der Waals surface area (Å²) in [5.41, 5.74) is 5.03. The normalized spacial score (nSPS) is 18.8. The van der Waals surface area contributed by atoms with Crippen molar-refractivity contribution in [1.29, 1.82) is 0 Å². The molecule has 0 aromatic heterocycles. The zero-order valence-electron chi connectivity index (χ0n) is 13.5. The second-order valence-electron chi connectivity index (χ2n) is 5.65. The predicted molar refractivity (Wildman–Crippen MR) is 87.3 cm³/mol. The van der Waals surface area contributed by atoms with Crippen molar-refractivity contribution in [2.24, 2.45) is 10.2 Å². The molecule has 1 unspecified atom stereocenters. The van der Waals surface area contributed by atoms with Crippen molar-refractivity contribution < 1.29 is 4.62 Å². The van der Waals surface area contributed by atoms with Crippen molar-refractivity contribution in [3.8, 4) is 0 Å². The van der Waals surface area contributed by atoms with Crippen LogP contribution in [0, 0.1) is 0 Å². The number of nitrogens with one attached hydrogen (secondary N) is 1. The van der Waals surface area contributed by atoms with Crippen LogP contribution in [-0.4, -0.2) is 56.3 Å². The van der Waals surface area contributed by atoms with Gasteiger partial charge in [0.15, 0.2) is 0 Å². The molecule has 0 fully saturated rings. The third kappa shape index (κ3) is 2.99. The molecule has 1 aromatic rings. The average Bonchev–Trinajstić information content (AvgIpc) is 2.82. The Morgan fingerprint density at radius 1 is 1.00 bits per heavy atom. The van der Waals surface area contributed by atoms with Gasteiger partial charge < -0.3 is 0 Å². The van der Waals surface area contributed by atoms with E-state index in [-0.39, 0.29) is 6.17 Å². The molecule has 1 heterocycles. The number of hydrogen-bond acceptors (Lipinski definition) is 7. The average molecular weight is 312 g/mol. The Balaban J connectivity index is 2.16. The summed E-state index contributed by atoms with van der Waals surface area (Å²) in [5.74, 6) is 0. The molecule has 8 heteroatoms. The Kier molecular flexibility index (Phi) is 5.03. The second-order valence-corrected chi connectivity index (χ2v) is 9.69. The summed E-state index contributed by atoms with van der Waals surface area (Å²) in [6, 6.07) is 7.91. The molecule has 118 valence electrons. The molecule has 0 saturated carbocycles. The minimum atomic E-state index is -2.43. The molecule has 0 amide bonds. The zero-order valence-corrected chi connectivity index (χ0v) is 14.5. The molecule has 1 aliphatic rings. The van der Waals surface area contributed by atoms with Gasteiger partial charge in [-0.05, 0) is 0 Å². The number of rotatable bonds is 6. The molecule has 0 spiro atoms. The number of fused-ring (bicyclic) bond motifs is 1. The fourth-order valence-electron chi connectivity index (χ4n) is 2.69. The Morgan fingerprint density at radius 3 is 2.14 bits per heavy atom. The van der Waals surface area contributed by atoms with Gasteiger partial charge in [0.25, 0.3) is 0 Å². The van der Waals surface area contributed by atoms with E-state index in [0.29, 0.717) is 0 Å². The predicted octanol–water partition coefficient (Wildman–Crippen LogP) is 2.40. The van der Waals surface area contributed by atoms with Gasteiger partial charge in [-0.2, -0.15) is 0 Å². The van der Waals surface area contributed by atoms with E-state index in [1.165, 1.54) is 0 Å². The fraction of sp³-hybridized carbons (Fsp3) is 0.538. The van der Waals surface area contributed by atoms with E-state index >= 15 is 0 Å². The van der Waals surface area contributed by atoms with Crippen molar-refractivity contribution in [2.75, 3.05) is 42.3 Å². The standard InChI is InChI=1S/C13H25N6OP/c1-17(2)21(18(3)4,19(5)6)20-16-13-11-9-7-8-10-12(11)14-15-13/h7-10,13,16,21H,1-6H3. The summed E-state index contributed by atoms with van der Waals surface area (Å²) in [5, 5.41) is 8.41. The summed E-state index contributed by atoms with van der Waals surface area (Å²) in [7, 11) is 9.73. The van der Waals surface area contributed by atoms with Crippen LogP contribution in [0.3, 0.4) is 0 Å². The first-order valence-corrected chi connectivity index (χ1v) is 8.60. The van der Waals surface area contributed by atoms with Gasteiger partial charge in [-0.25, -0.2) is 0 Å². The second kappa shape index (κ2) is 6.44. The summed E-state index contributed by atoms with van der Waals surface area (Å²) in [6.07, 6.45) is -0.257. The molecule has 1 N–H and O–H groups in total. The molecule has 0 radical (unpaired) electrons. The molecule has 2 rings (SSSR count). The molecular weight excluding hydrogens is 287 g/mol. The van der Waals surface area contributed by atoms with E-state index in [4.69, 9.17) is 4.62 Å². The Morgan fingerprint density at radius 2 is 1.57 bits per heavy atom. The van der Waals surface area contributed by atoms with Crippen molar-refractivity contribution in [1.82, 2.24) is 19.5 Å². The van der Waals surface area contributed by atoms with Gasteiger partial charge in [0.2, 0.25) is 0 Å². The quantitative estimate of drug-likeness (QED) is 0.646. The Hall–Kier alpha value is -0.950. The van der Waals surface area contributed by atoms with Crippen LogP contribution in [0.5, 0.6) is 0 Å². The van der Waals surface area contributed by atoms with Gasteiger partial charge in [-0.15, -0.1) is 0 Å². The molecular formula is C13H25N6OP. The third-order valence-corrected chi connectivity index (χ3v) is 7.45. The number of hydroxylamine groups is 1. The zero-order chi connectivity index (χ0) is 15.6. The van der Waals surface area contributed by atoms with E-state index in [1.54, 1.807) is 0 Å². The van der Waals surface area contributed by atoms with Crippen LogP contribution in [-0.2, 0) is 4.62 Å². The Bertz CT molecular complexity index is 497. The monoisotopic (exact) mass is 312 g/mol. The van der Waals surface area contributed by atoms with Crippen molar-refractivity contribution >= 4 is 13.6 Å². The van der Waals surface area contributed by atoms with Crippen molar-refractivity contribution in [3.63, 3.8) is 0 Å². The number of azo groups is 1. The van der Waals surface area contributed by atoms with Crippen LogP contribution in [0.1, 0.15) is 11.7 Å². The number of hydrogen-bond donors (Lipinski definition) is 1. The summed E-state index contributed by atoms with van der Waals surface area (Å²) >= 11 is 0. The number of nitrogens with zero attached hydrogens (tertiary/aromatic N) is 5. The molecule has 0 aliphatic carbocycles. The summed E-state index contributed by atoms with van der Waals surface area (Å²) in [6.45, 7) is 0.